The molecule has 0 spiro atoms. The Bertz CT molecular complexity index is 906. The SMILES string of the molecule is CC(C)(O)C(C)(O)Cc1ccc(NS(=O)(=O)c2ccccc2F)c(F)c1. The molecular formula is C18H21F2NO4S. The predicted octanol–water partition coefficient (Wildman–Crippen LogP) is 2.83. The highest BCUT2D eigenvalue weighted by molar-refractivity contribution is 7.92. The van der Waals surface area contributed by atoms with Gasteiger partial charge in [0, 0.05) is 6.42 Å². The van der Waals surface area contributed by atoms with E-state index in [0.717, 1.165) is 18.2 Å². The van der Waals surface area contributed by atoms with Crippen LogP contribution in [-0.4, -0.2) is 29.8 Å². The quantitative estimate of drug-likeness (QED) is 0.714. The maximum atomic E-state index is 14.3. The fraction of sp³-hybridized carbons (Fsp3) is 0.333. The summed E-state index contributed by atoms with van der Waals surface area (Å²) in [7, 11) is -4.29. The van der Waals surface area contributed by atoms with E-state index in [0.29, 0.717) is 5.56 Å². The summed E-state index contributed by atoms with van der Waals surface area (Å²) in [6.07, 6.45) is -0.0479. The summed E-state index contributed by atoms with van der Waals surface area (Å²) >= 11 is 0. The third kappa shape index (κ3) is 4.38. The Morgan fingerprint density at radius 1 is 1.00 bits per heavy atom. The second-order valence-corrected chi connectivity index (χ2v) is 8.51. The molecule has 0 heterocycles. The van der Waals surface area contributed by atoms with Gasteiger partial charge in [0.1, 0.15) is 16.5 Å². The van der Waals surface area contributed by atoms with Gasteiger partial charge in [-0.15, -0.1) is 0 Å². The number of halogens is 2. The fourth-order valence-electron chi connectivity index (χ4n) is 2.23. The number of anilines is 1. The van der Waals surface area contributed by atoms with Gasteiger partial charge in [-0.3, -0.25) is 4.72 Å². The summed E-state index contributed by atoms with van der Waals surface area (Å²) in [6.45, 7) is 4.28. The minimum Gasteiger partial charge on any atom is -0.387 e. The minimum atomic E-state index is -4.29. The summed E-state index contributed by atoms with van der Waals surface area (Å²) in [5.41, 5.74) is -2.93. The Hall–Kier alpha value is -2.03. The maximum Gasteiger partial charge on any atom is 0.264 e. The van der Waals surface area contributed by atoms with Crippen molar-refractivity contribution >= 4 is 15.7 Å². The molecule has 1 atom stereocenters. The highest BCUT2D eigenvalue weighted by Gasteiger charge is 2.37. The lowest BCUT2D eigenvalue weighted by Gasteiger charge is -2.35. The lowest BCUT2D eigenvalue weighted by Crippen LogP contribution is -2.49. The molecule has 0 saturated carbocycles. The van der Waals surface area contributed by atoms with Crippen LogP contribution in [0.25, 0.3) is 0 Å². The van der Waals surface area contributed by atoms with Crippen LogP contribution in [0.5, 0.6) is 0 Å². The van der Waals surface area contributed by atoms with Gasteiger partial charge in [0.2, 0.25) is 0 Å². The zero-order valence-electron chi connectivity index (χ0n) is 14.6. The molecule has 8 heteroatoms. The molecule has 2 rings (SSSR count). The second kappa shape index (κ2) is 6.94. The molecule has 2 aromatic rings. The van der Waals surface area contributed by atoms with Crippen molar-refractivity contribution in [2.75, 3.05) is 4.72 Å². The molecule has 3 N–H and O–H groups in total. The maximum absolute atomic E-state index is 14.3. The molecule has 0 bridgehead atoms. The first-order valence-corrected chi connectivity index (χ1v) is 9.32. The summed E-state index contributed by atoms with van der Waals surface area (Å²) in [6, 6.07) is 8.43. The Labute approximate surface area is 151 Å². The predicted molar refractivity (Wildman–Crippen MR) is 94.2 cm³/mol. The van der Waals surface area contributed by atoms with Gasteiger partial charge in [0.05, 0.1) is 16.9 Å². The van der Waals surface area contributed by atoms with Crippen LogP contribution in [0.4, 0.5) is 14.5 Å². The molecule has 1 unspecified atom stereocenters. The van der Waals surface area contributed by atoms with Gasteiger partial charge in [0.15, 0.2) is 0 Å². The van der Waals surface area contributed by atoms with Crippen molar-refractivity contribution in [2.45, 2.75) is 43.3 Å². The average molecular weight is 385 g/mol. The van der Waals surface area contributed by atoms with E-state index in [1.54, 1.807) is 0 Å². The zero-order chi connectivity index (χ0) is 19.8. The van der Waals surface area contributed by atoms with Crippen molar-refractivity contribution < 1.29 is 27.4 Å². The van der Waals surface area contributed by atoms with Crippen LogP contribution < -0.4 is 4.72 Å². The highest BCUT2D eigenvalue weighted by Crippen LogP contribution is 2.28. The van der Waals surface area contributed by atoms with Crippen LogP contribution in [0.1, 0.15) is 26.3 Å². The third-order valence-corrected chi connectivity index (χ3v) is 5.67. The van der Waals surface area contributed by atoms with E-state index >= 15 is 0 Å². The fourth-order valence-corrected chi connectivity index (χ4v) is 3.38. The molecule has 5 nitrogen and oxygen atoms in total. The van der Waals surface area contributed by atoms with Crippen molar-refractivity contribution in [3.05, 3.63) is 59.7 Å². The first-order valence-electron chi connectivity index (χ1n) is 7.84. The summed E-state index contributed by atoms with van der Waals surface area (Å²) in [4.78, 5) is -0.589. The van der Waals surface area contributed by atoms with Crippen LogP contribution in [0, 0.1) is 11.6 Å². The van der Waals surface area contributed by atoms with Crippen molar-refractivity contribution in [3.63, 3.8) is 0 Å². The molecule has 0 amide bonds. The number of benzene rings is 2. The Morgan fingerprint density at radius 2 is 1.62 bits per heavy atom. The topological polar surface area (TPSA) is 86.6 Å². The molecule has 0 aliphatic carbocycles. The van der Waals surface area contributed by atoms with E-state index in [4.69, 9.17) is 0 Å². The van der Waals surface area contributed by atoms with Crippen LogP contribution in [0.3, 0.4) is 0 Å². The lowest BCUT2D eigenvalue weighted by molar-refractivity contribution is -0.118. The van der Waals surface area contributed by atoms with Crippen molar-refractivity contribution in [1.29, 1.82) is 0 Å². The van der Waals surface area contributed by atoms with Gasteiger partial charge >= 0.3 is 0 Å². The molecule has 2 aromatic carbocycles. The van der Waals surface area contributed by atoms with E-state index < -0.39 is 37.8 Å². The Balaban J connectivity index is 2.27. The minimum absolute atomic E-state index is 0.0479. The van der Waals surface area contributed by atoms with Gasteiger partial charge in [-0.25, -0.2) is 17.2 Å². The van der Waals surface area contributed by atoms with E-state index in [1.807, 2.05) is 4.72 Å². The number of nitrogens with one attached hydrogen (secondary N) is 1. The molecule has 26 heavy (non-hydrogen) atoms. The van der Waals surface area contributed by atoms with Crippen LogP contribution in [-0.2, 0) is 16.4 Å². The molecule has 142 valence electrons. The van der Waals surface area contributed by atoms with Gasteiger partial charge < -0.3 is 10.2 Å². The van der Waals surface area contributed by atoms with E-state index in [-0.39, 0.29) is 12.1 Å². The Kier molecular flexibility index (Phi) is 5.41. The third-order valence-electron chi connectivity index (χ3n) is 4.27. The molecule has 0 aromatic heterocycles. The smallest absolute Gasteiger partial charge is 0.264 e. The molecule has 0 aliphatic rings. The van der Waals surface area contributed by atoms with Crippen molar-refractivity contribution in [3.8, 4) is 0 Å². The number of hydrogen-bond acceptors (Lipinski definition) is 4. The first kappa shape index (κ1) is 20.3. The van der Waals surface area contributed by atoms with Gasteiger partial charge in [0.25, 0.3) is 10.0 Å². The van der Waals surface area contributed by atoms with E-state index in [2.05, 4.69) is 0 Å². The number of hydrogen-bond donors (Lipinski definition) is 3. The largest absolute Gasteiger partial charge is 0.387 e. The van der Waals surface area contributed by atoms with Crippen LogP contribution in [0.2, 0.25) is 0 Å². The summed E-state index contributed by atoms with van der Waals surface area (Å²) in [5.74, 6) is -1.83. The second-order valence-electron chi connectivity index (χ2n) is 6.86. The van der Waals surface area contributed by atoms with Crippen molar-refractivity contribution in [1.82, 2.24) is 0 Å². The summed E-state index contributed by atoms with van der Waals surface area (Å²) in [5, 5.41) is 20.3. The van der Waals surface area contributed by atoms with Crippen molar-refractivity contribution in [2.24, 2.45) is 0 Å². The van der Waals surface area contributed by atoms with Gasteiger partial charge in [-0.1, -0.05) is 18.2 Å². The lowest BCUT2D eigenvalue weighted by atomic mass is 9.82. The molecule has 0 radical (unpaired) electrons. The van der Waals surface area contributed by atoms with E-state index in [1.165, 1.54) is 45.0 Å². The van der Waals surface area contributed by atoms with Crippen LogP contribution in [0.15, 0.2) is 47.4 Å². The zero-order valence-corrected chi connectivity index (χ0v) is 15.4. The molecular weight excluding hydrogens is 364 g/mol. The summed E-state index contributed by atoms with van der Waals surface area (Å²) < 4.78 is 54.5. The van der Waals surface area contributed by atoms with Gasteiger partial charge in [-0.05, 0) is 50.6 Å². The Morgan fingerprint density at radius 3 is 2.15 bits per heavy atom. The molecule has 0 fully saturated rings. The molecule has 0 saturated heterocycles. The normalized spacial score (nSPS) is 14.7. The monoisotopic (exact) mass is 385 g/mol. The first-order chi connectivity index (χ1) is 11.8. The van der Waals surface area contributed by atoms with E-state index in [9.17, 15) is 27.4 Å². The number of sulfonamides is 1. The number of rotatable bonds is 6. The van der Waals surface area contributed by atoms with Crippen LogP contribution >= 0.6 is 0 Å². The van der Waals surface area contributed by atoms with Gasteiger partial charge in [-0.2, -0.15) is 0 Å². The average Bonchev–Trinajstić information content (AvgIpc) is 2.48. The highest BCUT2D eigenvalue weighted by atomic mass is 32.2. The number of aliphatic hydroxyl groups is 2. The standard InChI is InChI=1S/C18H21F2NO4S/c1-17(2,22)18(3,23)11-12-8-9-15(14(20)10-12)21-26(24,25)16-7-5-4-6-13(16)19/h4-10,21-23H,11H2,1-3H3. The molecule has 0 aliphatic heterocycles.